The van der Waals surface area contributed by atoms with Crippen LogP contribution >= 0.6 is 68.0 Å². The van der Waals surface area contributed by atoms with E-state index >= 15 is 0 Å². The van der Waals surface area contributed by atoms with E-state index in [-0.39, 0.29) is 58.1 Å². The highest BCUT2D eigenvalue weighted by molar-refractivity contribution is 7.15. The molecule has 1 aliphatic heterocycles. The second kappa shape index (κ2) is 25.6. The number of benzene rings is 1. The third-order valence-corrected chi connectivity index (χ3v) is 18.5. The Morgan fingerprint density at radius 3 is 2.20 bits per heavy atom. The molecule has 0 saturated heterocycles. The summed E-state index contributed by atoms with van der Waals surface area (Å²) < 4.78 is 5.44. The maximum atomic E-state index is 14.3. The Bertz CT molecular complexity index is 3980. The molecule has 30 heteroatoms. The van der Waals surface area contributed by atoms with E-state index in [1.54, 1.807) is 70.9 Å². The molecule has 24 nitrogen and oxygen atoms in total. The molecule has 8 N–H and O–H groups in total. The van der Waals surface area contributed by atoms with Crippen LogP contribution in [0.5, 0.6) is 0 Å². The molecule has 9 aromatic rings. The summed E-state index contributed by atoms with van der Waals surface area (Å²) in [5.74, 6) is -4.94. The molecular weight excluding hydrogens is 1200 g/mol. The molecule has 0 fully saturated rings. The standard InChI is InChI=1S/C54H48N14O10S6/c1-23(2)38-53-68-41(34(84-53)18-78-5)46(74)57-17-37(70)65-42(43(71)25-9-7-6-8-10-25)52-62-33(21-81-52)50-60-31(19-80-50)40-27(11-12-28(58-40)49-64-35(22-82-49)63-44(72)26-13-14-56-30(15-26)54(76)77)48-61-32(20-79-48)45(73)59-29(16-36(69)55-4)51-67-39(24(3)83-51)47(75)66-38/h6-15,19-23,29,38,42-43,71H,16-18H2,1-5H3,(H,55,69)(H,57,74)(H,59,73)(H,63,72)(H,65,70)(H,66,75)(H,76,77)/t29-,38-,42-,43-/m0/s1. The van der Waals surface area contributed by atoms with Gasteiger partial charge in [-0.15, -0.1) is 68.0 Å². The monoisotopic (exact) mass is 1240 g/mol. The van der Waals surface area contributed by atoms with Crippen molar-refractivity contribution in [3.05, 3.63) is 141 Å². The van der Waals surface area contributed by atoms with Crippen molar-refractivity contribution in [2.75, 3.05) is 26.0 Å². The van der Waals surface area contributed by atoms with Gasteiger partial charge in [-0.3, -0.25) is 28.8 Å². The summed E-state index contributed by atoms with van der Waals surface area (Å²) in [7, 11) is 2.92. The van der Waals surface area contributed by atoms with Crippen molar-refractivity contribution < 1.29 is 48.5 Å². The number of anilines is 1. The number of amides is 6. The highest BCUT2D eigenvalue weighted by Crippen LogP contribution is 2.40. The number of ether oxygens (including phenoxy) is 1. The van der Waals surface area contributed by atoms with E-state index in [2.05, 4.69) is 51.8 Å². The summed E-state index contributed by atoms with van der Waals surface area (Å²) in [6.45, 7) is 4.92. The van der Waals surface area contributed by atoms with Crippen molar-refractivity contribution in [3.8, 4) is 43.4 Å². The van der Waals surface area contributed by atoms with Gasteiger partial charge in [0.1, 0.15) is 87.9 Å². The first-order valence-corrected chi connectivity index (χ1v) is 30.5. The Morgan fingerprint density at radius 1 is 0.714 bits per heavy atom. The molecule has 0 spiro atoms. The van der Waals surface area contributed by atoms with Crippen molar-refractivity contribution in [3.63, 3.8) is 0 Å². The average Bonchev–Trinajstić information content (AvgIpc) is 4.33. The third-order valence-electron chi connectivity index (χ3n) is 12.7. The number of carboxylic acids is 1. The number of thiazole rings is 6. The lowest BCUT2D eigenvalue weighted by Crippen LogP contribution is -2.40. The van der Waals surface area contributed by atoms with Gasteiger partial charge in [-0.05, 0) is 42.7 Å². The Hall–Kier alpha value is -8.49. The van der Waals surface area contributed by atoms with Gasteiger partial charge in [0, 0.05) is 57.9 Å². The topological polar surface area (TPSA) is 344 Å². The van der Waals surface area contributed by atoms with Gasteiger partial charge in [0.25, 0.3) is 23.6 Å². The zero-order valence-corrected chi connectivity index (χ0v) is 49.7. The average molecular weight is 1250 g/mol. The Labute approximate surface area is 501 Å². The summed E-state index contributed by atoms with van der Waals surface area (Å²) in [6, 6.07) is 11.9. The zero-order chi connectivity index (χ0) is 59.3. The Balaban J connectivity index is 1.04. The Morgan fingerprint density at radius 2 is 1.44 bits per heavy atom. The minimum absolute atomic E-state index is 0.00420. The normalized spacial score (nSPS) is 16.2. The lowest BCUT2D eigenvalue weighted by atomic mass is 10.0. The highest BCUT2D eigenvalue weighted by atomic mass is 32.1. The fraction of sp³-hybridized carbons (Fsp3) is 0.241. The SMILES string of the molecule is CNC(=O)C[C@@H]1NC(=O)c2csc(n2)-c2ccc(-c3nc(NC(=O)c4ccnc(C(=O)O)c4)cs3)nc2-c2csc(n2)-c2csc(n2)[C@H]([C@@H](O)c2ccccc2)NC(=O)CNC(=O)c2nc(sc2COC)[C@H](C(C)C)NC(=O)c2nc1sc2C. The van der Waals surface area contributed by atoms with E-state index in [9.17, 15) is 43.8 Å². The predicted molar refractivity (Wildman–Crippen MR) is 316 cm³/mol. The maximum Gasteiger partial charge on any atom is 0.354 e. The lowest BCUT2D eigenvalue weighted by Gasteiger charge is -2.23. The molecule has 4 atom stereocenters. The van der Waals surface area contributed by atoms with Crippen LogP contribution in [-0.4, -0.2) is 112 Å². The van der Waals surface area contributed by atoms with E-state index in [4.69, 9.17) is 24.7 Å². The molecule has 0 unspecified atom stereocenters. The minimum atomic E-state index is -1.29. The van der Waals surface area contributed by atoms with Crippen LogP contribution in [0.3, 0.4) is 0 Å². The van der Waals surface area contributed by atoms with E-state index in [0.29, 0.717) is 68.7 Å². The molecule has 6 amide bonds. The quantitative estimate of drug-likeness (QED) is 0.0616. The van der Waals surface area contributed by atoms with Crippen molar-refractivity contribution in [2.24, 2.45) is 5.92 Å². The highest BCUT2D eigenvalue weighted by Gasteiger charge is 2.33. The fourth-order valence-electron chi connectivity index (χ4n) is 8.52. The van der Waals surface area contributed by atoms with Crippen LogP contribution in [-0.2, 0) is 20.9 Å². The molecule has 430 valence electrons. The molecule has 0 saturated carbocycles. The van der Waals surface area contributed by atoms with Crippen LogP contribution in [0.25, 0.3) is 43.4 Å². The molecule has 0 aliphatic carbocycles. The number of carbonyl (C=O) groups excluding carboxylic acids is 6. The first-order chi connectivity index (χ1) is 40.4. The summed E-state index contributed by atoms with van der Waals surface area (Å²) >= 11 is 7.04. The van der Waals surface area contributed by atoms with Crippen LogP contribution in [0.15, 0.2) is 82.3 Å². The Kier molecular flexibility index (Phi) is 17.9. The number of carboxylic acid groups (broad SMARTS) is 1. The number of hydrogen-bond donors (Lipinski definition) is 8. The van der Waals surface area contributed by atoms with Gasteiger partial charge in [0.15, 0.2) is 0 Å². The van der Waals surface area contributed by atoms with Gasteiger partial charge in [0.2, 0.25) is 11.8 Å². The first-order valence-electron chi connectivity index (χ1n) is 25.4. The molecule has 0 radical (unpaired) electrons. The van der Waals surface area contributed by atoms with Crippen LogP contribution in [0.2, 0.25) is 0 Å². The smallest absolute Gasteiger partial charge is 0.354 e. The number of carbonyl (C=O) groups is 7. The van der Waals surface area contributed by atoms with E-state index in [1.807, 2.05) is 13.8 Å². The number of hydrogen-bond acceptors (Lipinski definition) is 23. The summed E-state index contributed by atoms with van der Waals surface area (Å²) in [5, 5.41) is 46.9. The molecule has 1 aliphatic rings. The third kappa shape index (κ3) is 13.0. The fourth-order valence-corrected chi connectivity index (χ4v) is 14.0. The number of nitrogens with zero attached hydrogens (tertiary/aromatic N) is 8. The second-order valence-electron chi connectivity index (χ2n) is 18.9. The number of aromatic nitrogens is 8. The molecule has 84 heavy (non-hydrogen) atoms. The summed E-state index contributed by atoms with van der Waals surface area (Å²) in [6.07, 6.45) is -0.304. The van der Waals surface area contributed by atoms with Gasteiger partial charge < -0.3 is 46.9 Å². The largest absolute Gasteiger partial charge is 0.477 e. The molecule has 9 heterocycles. The minimum Gasteiger partial charge on any atom is -0.477 e. The van der Waals surface area contributed by atoms with Crippen molar-refractivity contribution in [2.45, 2.75) is 58.0 Å². The number of aliphatic hydroxyl groups excluding tert-OH is 1. The number of aliphatic hydroxyl groups is 1. The number of methoxy groups -OCH3 is 1. The van der Waals surface area contributed by atoms with E-state index < -0.39 is 72.2 Å². The van der Waals surface area contributed by atoms with Gasteiger partial charge in [-0.2, -0.15) is 0 Å². The summed E-state index contributed by atoms with van der Waals surface area (Å²) in [5.41, 5.74) is 2.23. The number of nitrogens with one attached hydrogen (secondary N) is 6. The lowest BCUT2D eigenvalue weighted by molar-refractivity contribution is -0.122. The maximum absolute atomic E-state index is 14.3. The molecular formula is C54H48N14O10S6. The summed E-state index contributed by atoms with van der Waals surface area (Å²) in [4.78, 5) is 133. The number of pyridine rings is 2. The van der Waals surface area contributed by atoms with Gasteiger partial charge in [-0.1, -0.05) is 44.2 Å². The van der Waals surface area contributed by atoms with Gasteiger partial charge in [0.05, 0.1) is 42.2 Å². The first kappa shape index (κ1) is 58.7. The zero-order valence-electron chi connectivity index (χ0n) is 44.8. The molecule has 8 aromatic heterocycles. The number of aryl methyl sites for hydroxylation is 1. The van der Waals surface area contributed by atoms with Crippen molar-refractivity contribution in [1.29, 1.82) is 0 Å². The van der Waals surface area contributed by atoms with Crippen molar-refractivity contribution >= 4 is 115 Å². The van der Waals surface area contributed by atoms with Gasteiger partial charge in [-0.25, -0.2) is 44.7 Å². The van der Waals surface area contributed by atoms with Crippen LogP contribution in [0.4, 0.5) is 5.82 Å². The molecule has 10 rings (SSSR count). The second-order valence-corrected chi connectivity index (χ2v) is 24.7. The predicted octanol–water partition coefficient (Wildman–Crippen LogP) is 7.66. The molecule has 10 bridgehead atoms. The molecule has 1 aromatic carbocycles. The van der Waals surface area contributed by atoms with Crippen LogP contribution in [0, 0.1) is 12.8 Å². The number of aromatic carboxylic acids is 1. The number of rotatable bonds is 11. The van der Waals surface area contributed by atoms with Gasteiger partial charge >= 0.3 is 5.97 Å². The number of fused-ring (bicyclic) bond motifs is 14. The van der Waals surface area contributed by atoms with E-state index in [1.165, 1.54) is 60.4 Å². The van der Waals surface area contributed by atoms with Crippen LogP contribution < -0.4 is 31.9 Å². The van der Waals surface area contributed by atoms with Crippen molar-refractivity contribution in [1.82, 2.24) is 66.5 Å². The van der Waals surface area contributed by atoms with Crippen LogP contribution in [0.1, 0.15) is 127 Å². The van der Waals surface area contributed by atoms with E-state index in [0.717, 1.165) is 40.1 Å².